The van der Waals surface area contributed by atoms with E-state index in [0.717, 1.165) is 12.1 Å². The highest BCUT2D eigenvalue weighted by Gasteiger charge is 2.14. The van der Waals surface area contributed by atoms with Gasteiger partial charge in [0.1, 0.15) is 0 Å². The Labute approximate surface area is 87.6 Å². The van der Waals surface area contributed by atoms with Gasteiger partial charge in [0.05, 0.1) is 0 Å². The van der Waals surface area contributed by atoms with Crippen molar-refractivity contribution in [3.63, 3.8) is 0 Å². The van der Waals surface area contributed by atoms with Crippen LogP contribution in [0.15, 0.2) is 35.7 Å². The maximum absolute atomic E-state index is 4.00. The highest BCUT2D eigenvalue weighted by atomic mass is 14.9. The molecule has 1 aliphatic heterocycles. The van der Waals surface area contributed by atoms with E-state index in [1.165, 1.54) is 11.3 Å². The summed E-state index contributed by atoms with van der Waals surface area (Å²) in [5, 5.41) is 3.43. The molecule has 1 heterocycles. The Kier molecular flexibility index (Phi) is 3.56. The van der Waals surface area contributed by atoms with Crippen LogP contribution in [-0.4, -0.2) is 0 Å². The molecule has 0 amide bonds. The first-order valence-corrected chi connectivity index (χ1v) is 5.37. The first kappa shape index (κ1) is 11.1. The lowest BCUT2D eigenvalue weighted by Crippen LogP contribution is -2.18. The standard InChI is InChI=1S/C13H21N/c1-9(2)12-8-6-7-11(5)14-13(12)10(3)4/h6,8-10,14H,5,7H2,1-4H3. The van der Waals surface area contributed by atoms with Gasteiger partial charge < -0.3 is 5.32 Å². The maximum atomic E-state index is 4.00. The molecule has 14 heavy (non-hydrogen) atoms. The lowest BCUT2D eigenvalue weighted by atomic mass is 9.95. The molecule has 0 saturated heterocycles. The summed E-state index contributed by atoms with van der Waals surface area (Å²) < 4.78 is 0. The van der Waals surface area contributed by atoms with E-state index in [0.29, 0.717) is 11.8 Å². The average molecular weight is 191 g/mol. The van der Waals surface area contributed by atoms with E-state index in [1.807, 2.05) is 0 Å². The molecular formula is C13H21N. The second kappa shape index (κ2) is 4.50. The van der Waals surface area contributed by atoms with Crippen molar-refractivity contribution >= 4 is 0 Å². The molecule has 0 radical (unpaired) electrons. The molecule has 0 unspecified atom stereocenters. The van der Waals surface area contributed by atoms with E-state index in [-0.39, 0.29) is 0 Å². The SMILES string of the molecule is C=C1CC=CC(C(C)C)=C(C(C)C)N1. The molecule has 1 N–H and O–H groups in total. The van der Waals surface area contributed by atoms with Crippen molar-refractivity contribution in [2.75, 3.05) is 0 Å². The molecule has 0 fully saturated rings. The summed E-state index contributed by atoms with van der Waals surface area (Å²) >= 11 is 0. The number of allylic oxidation sites excluding steroid dienone is 4. The molecule has 78 valence electrons. The fourth-order valence-corrected chi connectivity index (χ4v) is 1.71. The number of hydrogen-bond donors (Lipinski definition) is 1. The van der Waals surface area contributed by atoms with E-state index >= 15 is 0 Å². The summed E-state index contributed by atoms with van der Waals surface area (Å²) in [7, 11) is 0. The third-order valence-corrected chi connectivity index (χ3v) is 2.48. The van der Waals surface area contributed by atoms with Gasteiger partial charge in [-0.05, 0) is 17.4 Å². The topological polar surface area (TPSA) is 12.0 Å². The summed E-state index contributed by atoms with van der Waals surface area (Å²) in [6.45, 7) is 12.9. The van der Waals surface area contributed by atoms with Crippen LogP contribution >= 0.6 is 0 Å². The van der Waals surface area contributed by atoms with Gasteiger partial charge in [0.25, 0.3) is 0 Å². The summed E-state index contributed by atoms with van der Waals surface area (Å²) in [5.41, 5.74) is 3.85. The Bertz CT molecular complexity index is 280. The zero-order chi connectivity index (χ0) is 10.7. The second-order valence-electron chi connectivity index (χ2n) is 4.51. The fraction of sp³-hybridized carbons (Fsp3) is 0.538. The largest absolute Gasteiger partial charge is 0.362 e. The Morgan fingerprint density at radius 2 is 1.86 bits per heavy atom. The Morgan fingerprint density at radius 3 is 2.36 bits per heavy atom. The molecule has 1 rings (SSSR count). The normalized spacial score (nSPS) is 17.7. The van der Waals surface area contributed by atoms with E-state index in [2.05, 4.69) is 51.7 Å². The first-order valence-electron chi connectivity index (χ1n) is 5.37. The van der Waals surface area contributed by atoms with Crippen LogP contribution in [0.5, 0.6) is 0 Å². The summed E-state index contributed by atoms with van der Waals surface area (Å²) in [6.07, 6.45) is 5.37. The molecule has 0 bridgehead atoms. The van der Waals surface area contributed by atoms with Crippen LogP contribution in [0.1, 0.15) is 34.1 Å². The van der Waals surface area contributed by atoms with Gasteiger partial charge in [0.2, 0.25) is 0 Å². The van der Waals surface area contributed by atoms with Crippen molar-refractivity contribution in [3.8, 4) is 0 Å². The predicted octanol–water partition coefficient (Wildman–Crippen LogP) is 3.62. The highest BCUT2D eigenvalue weighted by Crippen LogP contribution is 2.24. The first-order chi connectivity index (χ1) is 6.52. The van der Waals surface area contributed by atoms with Crippen molar-refractivity contribution in [3.05, 3.63) is 35.7 Å². The fourth-order valence-electron chi connectivity index (χ4n) is 1.71. The summed E-state index contributed by atoms with van der Waals surface area (Å²) in [4.78, 5) is 0. The quantitative estimate of drug-likeness (QED) is 0.703. The van der Waals surface area contributed by atoms with Crippen LogP contribution in [0.4, 0.5) is 0 Å². The molecule has 0 aromatic carbocycles. The summed E-state index contributed by atoms with van der Waals surface area (Å²) in [5.74, 6) is 1.11. The second-order valence-corrected chi connectivity index (χ2v) is 4.51. The maximum Gasteiger partial charge on any atom is 0.0209 e. The third kappa shape index (κ3) is 2.50. The van der Waals surface area contributed by atoms with Gasteiger partial charge in [-0.15, -0.1) is 0 Å². The highest BCUT2D eigenvalue weighted by molar-refractivity contribution is 5.33. The average Bonchev–Trinajstić information content (AvgIpc) is 2.26. The van der Waals surface area contributed by atoms with Crippen LogP contribution < -0.4 is 5.32 Å². The van der Waals surface area contributed by atoms with Crippen LogP contribution in [0.25, 0.3) is 0 Å². The third-order valence-electron chi connectivity index (χ3n) is 2.48. The van der Waals surface area contributed by atoms with E-state index in [1.54, 1.807) is 0 Å². The van der Waals surface area contributed by atoms with E-state index in [9.17, 15) is 0 Å². The Morgan fingerprint density at radius 1 is 1.21 bits per heavy atom. The molecule has 0 aromatic heterocycles. The molecule has 1 nitrogen and oxygen atoms in total. The molecule has 0 spiro atoms. The Balaban J connectivity index is 3.07. The molecule has 0 saturated carbocycles. The lowest BCUT2D eigenvalue weighted by Gasteiger charge is -2.19. The minimum absolute atomic E-state index is 0.534. The van der Waals surface area contributed by atoms with Gasteiger partial charge in [-0.1, -0.05) is 46.4 Å². The van der Waals surface area contributed by atoms with Gasteiger partial charge >= 0.3 is 0 Å². The Hall–Kier alpha value is -0.980. The number of nitrogens with one attached hydrogen (secondary N) is 1. The van der Waals surface area contributed by atoms with Gasteiger partial charge in [0.15, 0.2) is 0 Å². The van der Waals surface area contributed by atoms with E-state index < -0.39 is 0 Å². The van der Waals surface area contributed by atoms with Crippen molar-refractivity contribution < 1.29 is 0 Å². The van der Waals surface area contributed by atoms with Gasteiger partial charge in [-0.3, -0.25) is 0 Å². The monoisotopic (exact) mass is 191 g/mol. The van der Waals surface area contributed by atoms with Gasteiger partial charge in [-0.2, -0.15) is 0 Å². The lowest BCUT2D eigenvalue weighted by molar-refractivity contribution is 0.656. The minimum atomic E-state index is 0.534. The van der Waals surface area contributed by atoms with E-state index in [4.69, 9.17) is 0 Å². The zero-order valence-corrected chi connectivity index (χ0v) is 9.72. The van der Waals surface area contributed by atoms with Crippen LogP contribution in [0.2, 0.25) is 0 Å². The predicted molar refractivity (Wildman–Crippen MR) is 62.7 cm³/mol. The molecule has 1 aliphatic rings. The molecular weight excluding hydrogens is 170 g/mol. The van der Waals surface area contributed by atoms with Crippen molar-refractivity contribution in [1.82, 2.24) is 5.32 Å². The van der Waals surface area contributed by atoms with Crippen molar-refractivity contribution in [2.45, 2.75) is 34.1 Å². The number of hydrogen-bond acceptors (Lipinski definition) is 1. The van der Waals surface area contributed by atoms with Gasteiger partial charge in [0, 0.05) is 17.8 Å². The van der Waals surface area contributed by atoms with Gasteiger partial charge in [-0.25, -0.2) is 0 Å². The van der Waals surface area contributed by atoms with Crippen LogP contribution in [-0.2, 0) is 0 Å². The smallest absolute Gasteiger partial charge is 0.0209 e. The van der Waals surface area contributed by atoms with Crippen molar-refractivity contribution in [1.29, 1.82) is 0 Å². The number of rotatable bonds is 2. The summed E-state index contributed by atoms with van der Waals surface area (Å²) in [6, 6.07) is 0. The minimum Gasteiger partial charge on any atom is -0.362 e. The molecule has 0 aliphatic carbocycles. The van der Waals surface area contributed by atoms with Crippen molar-refractivity contribution in [2.24, 2.45) is 11.8 Å². The van der Waals surface area contributed by atoms with Crippen LogP contribution in [0, 0.1) is 11.8 Å². The molecule has 0 atom stereocenters. The van der Waals surface area contributed by atoms with Crippen LogP contribution in [0.3, 0.4) is 0 Å². The molecule has 0 aromatic rings. The zero-order valence-electron chi connectivity index (χ0n) is 9.72. The molecule has 1 heteroatoms.